The minimum absolute atomic E-state index is 0.118. The number of amides is 1. The molecule has 128 valence electrons. The van der Waals surface area contributed by atoms with E-state index in [1.165, 1.54) is 5.56 Å². The number of benzene rings is 1. The van der Waals surface area contributed by atoms with Gasteiger partial charge in [0, 0.05) is 35.5 Å². The molecule has 2 aromatic heterocycles. The Labute approximate surface area is 148 Å². The van der Waals surface area contributed by atoms with Crippen molar-refractivity contribution in [2.75, 3.05) is 5.32 Å². The molecule has 0 bridgehead atoms. The number of aryl methyl sites for hydroxylation is 1. The van der Waals surface area contributed by atoms with Gasteiger partial charge in [-0.15, -0.1) is 6.58 Å². The van der Waals surface area contributed by atoms with Crippen LogP contribution in [0.3, 0.4) is 0 Å². The van der Waals surface area contributed by atoms with E-state index in [9.17, 15) is 4.79 Å². The van der Waals surface area contributed by atoms with Gasteiger partial charge in [-0.25, -0.2) is 0 Å². The van der Waals surface area contributed by atoms with Gasteiger partial charge in [0.15, 0.2) is 0 Å². The number of nitrogens with zero attached hydrogens (tertiary/aromatic N) is 2. The molecule has 4 nitrogen and oxygen atoms in total. The summed E-state index contributed by atoms with van der Waals surface area (Å²) < 4.78 is 2.03. The van der Waals surface area contributed by atoms with Crippen LogP contribution in [0.25, 0.3) is 10.9 Å². The Kier molecular flexibility index (Phi) is 4.70. The summed E-state index contributed by atoms with van der Waals surface area (Å²) in [5.74, 6) is 0.327. The van der Waals surface area contributed by atoms with Gasteiger partial charge in [0.05, 0.1) is 0 Å². The first-order chi connectivity index (χ1) is 12.0. The number of fused-ring (bicyclic) bond motifs is 1. The molecule has 3 aromatic rings. The molecule has 1 amide bonds. The number of carbonyl (C=O) groups excluding carboxylic acids is 1. The molecule has 0 saturated heterocycles. The van der Waals surface area contributed by atoms with Crippen LogP contribution >= 0.6 is 0 Å². The van der Waals surface area contributed by atoms with Crippen LogP contribution in [0, 0.1) is 6.92 Å². The summed E-state index contributed by atoms with van der Waals surface area (Å²) in [5, 5.41) is 4.08. The number of hydrogen-bond acceptors (Lipinski definition) is 2. The fraction of sp³-hybridized carbons (Fsp3) is 0.238. The zero-order chi connectivity index (χ0) is 18.0. The van der Waals surface area contributed by atoms with Crippen LogP contribution in [-0.2, 0) is 6.54 Å². The predicted octanol–water partition coefficient (Wildman–Crippen LogP) is 4.91. The SMILES string of the molecule is C=CCn1c(C(=O)Nc2ccncc2)c(C)c2cc(C(C)C)ccc21. The molecule has 3 rings (SSSR count). The van der Waals surface area contributed by atoms with Crippen LogP contribution in [0.5, 0.6) is 0 Å². The molecule has 0 atom stereocenters. The maximum absolute atomic E-state index is 12.9. The maximum atomic E-state index is 12.9. The van der Waals surface area contributed by atoms with E-state index in [1.54, 1.807) is 24.5 Å². The first kappa shape index (κ1) is 17.0. The molecule has 0 aliphatic carbocycles. The lowest BCUT2D eigenvalue weighted by atomic mass is 10.0. The third kappa shape index (κ3) is 3.20. The van der Waals surface area contributed by atoms with Crippen molar-refractivity contribution in [3.63, 3.8) is 0 Å². The summed E-state index contributed by atoms with van der Waals surface area (Å²) in [4.78, 5) is 16.9. The molecular formula is C21H23N3O. The number of allylic oxidation sites excluding steroid dienone is 1. The number of hydrogen-bond donors (Lipinski definition) is 1. The van der Waals surface area contributed by atoms with Gasteiger partial charge in [-0.1, -0.05) is 26.0 Å². The van der Waals surface area contributed by atoms with Gasteiger partial charge in [0.2, 0.25) is 0 Å². The molecule has 0 saturated carbocycles. The van der Waals surface area contributed by atoms with Gasteiger partial charge in [-0.2, -0.15) is 0 Å². The molecule has 0 spiro atoms. The fourth-order valence-corrected chi connectivity index (χ4v) is 3.14. The molecule has 1 N–H and O–H groups in total. The maximum Gasteiger partial charge on any atom is 0.272 e. The Balaban J connectivity index is 2.12. The second kappa shape index (κ2) is 6.93. The Morgan fingerprint density at radius 2 is 2.00 bits per heavy atom. The molecule has 4 heteroatoms. The number of pyridine rings is 1. The largest absolute Gasteiger partial charge is 0.332 e. The van der Waals surface area contributed by atoms with Gasteiger partial charge in [0.1, 0.15) is 5.69 Å². The topological polar surface area (TPSA) is 46.9 Å². The van der Waals surface area contributed by atoms with Crippen molar-refractivity contribution in [3.05, 3.63) is 72.2 Å². The number of anilines is 1. The molecule has 0 radical (unpaired) electrons. The van der Waals surface area contributed by atoms with E-state index in [2.05, 4.69) is 48.9 Å². The lowest BCUT2D eigenvalue weighted by Gasteiger charge is -2.10. The Hall–Kier alpha value is -2.88. The van der Waals surface area contributed by atoms with Gasteiger partial charge >= 0.3 is 0 Å². The number of aromatic nitrogens is 2. The summed E-state index contributed by atoms with van der Waals surface area (Å²) in [6, 6.07) is 9.99. The standard InChI is InChI=1S/C21H23N3O/c1-5-12-24-19-7-6-16(14(2)3)13-18(19)15(4)20(24)21(25)23-17-8-10-22-11-9-17/h5-11,13-14H,1,12H2,2-4H3,(H,22,23,25). The molecule has 0 fully saturated rings. The molecule has 0 unspecified atom stereocenters. The van der Waals surface area contributed by atoms with Gasteiger partial charge in [-0.3, -0.25) is 9.78 Å². The second-order valence-corrected chi connectivity index (χ2v) is 6.49. The van der Waals surface area contributed by atoms with Crippen LogP contribution < -0.4 is 5.32 Å². The highest BCUT2D eigenvalue weighted by Crippen LogP contribution is 2.29. The highest BCUT2D eigenvalue weighted by atomic mass is 16.2. The normalized spacial score (nSPS) is 11.0. The number of nitrogens with one attached hydrogen (secondary N) is 1. The molecule has 1 aromatic carbocycles. The van der Waals surface area contributed by atoms with Crippen molar-refractivity contribution in [2.45, 2.75) is 33.2 Å². The van der Waals surface area contributed by atoms with Crippen molar-refractivity contribution < 1.29 is 4.79 Å². The van der Waals surface area contributed by atoms with E-state index in [-0.39, 0.29) is 5.91 Å². The Morgan fingerprint density at radius 1 is 1.28 bits per heavy atom. The second-order valence-electron chi connectivity index (χ2n) is 6.49. The van der Waals surface area contributed by atoms with E-state index >= 15 is 0 Å². The number of rotatable bonds is 5. The third-order valence-corrected chi connectivity index (χ3v) is 4.47. The lowest BCUT2D eigenvalue weighted by Crippen LogP contribution is -2.18. The summed E-state index contributed by atoms with van der Waals surface area (Å²) in [6.07, 6.45) is 5.14. The van der Waals surface area contributed by atoms with Crippen molar-refractivity contribution >= 4 is 22.5 Å². The van der Waals surface area contributed by atoms with Crippen LogP contribution in [0.1, 0.15) is 41.4 Å². The van der Waals surface area contributed by atoms with Gasteiger partial charge < -0.3 is 9.88 Å². The van der Waals surface area contributed by atoms with E-state index in [0.29, 0.717) is 18.2 Å². The Bertz CT molecular complexity index is 923. The van der Waals surface area contributed by atoms with Crippen LogP contribution in [0.15, 0.2) is 55.4 Å². The Morgan fingerprint density at radius 3 is 2.64 bits per heavy atom. The quantitative estimate of drug-likeness (QED) is 0.675. The van der Waals surface area contributed by atoms with E-state index in [0.717, 1.165) is 22.2 Å². The average molecular weight is 333 g/mol. The lowest BCUT2D eigenvalue weighted by molar-refractivity contribution is 0.101. The molecule has 0 aliphatic heterocycles. The minimum atomic E-state index is -0.118. The highest BCUT2D eigenvalue weighted by molar-refractivity contribution is 6.08. The molecule has 2 heterocycles. The molecule has 0 aliphatic rings. The van der Waals surface area contributed by atoms with Gasteiger partial charge in [-0.05, 0) is 48.2 Å². The van der Waals surface area contributed by atoms with Crippen LogP contribution in [0.2, 0.25) is 0 Å². The average Bonchev–Trinajstić information content (AvgIpc) is 2.88. The predicted molar refractivity (Wildman–Crippen MR) is 103 cm³/mol. The summed E-state index contributed by atoms with van der Waals surface area (Å²) in [5.41, 5.74) is 4.73. The summed E-state index contributed by atoms with van der Waals surface area (Å²) in [6.45, 7) is 10.8. The van der Waals surface area contributed by atoms with Gasteiger partial charge in [0.25, 0.3) is 5.91 Å². The minimum Gasteiger partial charge on any atom is -0.332 e. The number of carbonyl (C=O) groups is 1. The zero-order valence-electron chi connectivity index (χ0n) is 14.9. The smallest absolute Gasteiger partial charge is 0.272 e. The highest BCUT2D eigenvalue weighted by Gasteiger charge is 2.20. The molecular weight excluding hydrogens is 310 g/mol. The van der Waals surface area contributed by atoms with E-state index in [4.69, 9.17) is 0 Å². The van der Waals surface area contributed by atoms with Crippen molar-refractivity contribution in [1.29, 1.82) is 0 Å². The van der Waals surface area contributed by atoms with Crippen molar-refractivity contribution in [1.82, 2.24) is 9.55 Å². The molecule has 25 heavy (non-hydrogen) atoms. The summed E-state index contributed by atoms with van der Waals surface area (Å²) in [7, 11) is 0. The fourth-order valence-electron chi connectivity index (χ4n) is 3.14. The van der Waals surface area contributed by atoms with E-state index < -0.39 is 0 Å². The first-order valence-electron chi connectivity index (χ1n) is 8.48. The van der Waals surface area contributed by atoms with Crippen LogP contribution in [0.4, 0.5) is 5.69 Å². The summed E-state index contributed by atoms with van der Waals surface area (Å²) >= 11 is 0. The van der Waals surface area contributed by atoms with Crippen LogP contribution in [-0.4, -0.2) is 15.5 Å². The first-order valence-corrected chi connectivity index (χ1v) is 8.48. The van der Waals surface area contributed by atoms with Crippen molar-refractivity contribution in [3.8, 4) is 0 Å². The van der Waals surface area contributed by atoms with E-state index in [1.807, 2.05) is 17.6 Å². The third-order valence-electron chi connectivity index (χ3n) is 4.47. The monoisotopic (exact) mass is 333 g/mol. The zero-order valence-corrected chi connectivity index (χ0v) is 14.9. The van der Waals surface area contributed by atoms with Crippen molar-refractivity contribution in [2.24, 2.45) is 0 Å².